The average molecular weight is 252 g/mol. The van der Waals surface area contributed by atoms with Gasteiger partial charge in [0.05, 0.1) is 5.56 Å². The maximum Gasteiger partial charge on any atom is 0.166 e. The van der Waals surface area contributed by atoms with E-state index in [1.165, 1.54) is 0 Å². The Morgan fingerprint density at radius 2 is 1.79 bits per heavy atom. The van der Waals surface area contributed by atoms with E-state index in [9.17, 15) is 4.79 Å². The molecule has 0 heterocycles. The summed E-state index contributed by atoms with van der Waals surface area (Å²) < 4.78 is 5.84. The molecule has 2 aromatic rings. The van der Waals surface area contributed by atoms with Crippen LogP contribution >= 0.6 is 0 Å². The maximum absolute atomic E-state index is 12.0. The first-order chi connectivity index (χ1) is 9.34. The molecule has 0 amide bonds. The highest BCUT2D eigenvalue weighted by Crippen LogP contribution is 2.30. The van der Waals surface area contributed by atoms with Gasteiger partial charge in [0.25, 0.3) is 0 Å². The second kappa shape index (κ2) is 5.27. The SMILES string of the molecule is O=C1CCCc2cccc(OCc3ccccc3)c21. The Morgan fingerprint density at radius 3 is 2.63 bits per heavy atom. The van der Waals surface area contributed by atoms with Crippen molar-refractivity contribution in [3.05, 3.63) is 65.2 Å². The maximum atomic E-state index is 12.0. The van der Waals surface area contributed by atoms with Crippen molar-refractivity contribution in [1.29, 1.82) is 0 Å². The summed E-state index contributed by atoms with van der Waals surface area (Å²) in [7, 11) is 0. The number of benzene rings is 2. The van der Waals surface area contributed by atoms with Crippen LogP contribution in [0.1, 0.15) is 34.3 Å². The van der Waals surface area contributed by atoms with Crippen LogP contribution in [0.25, 0.3) is 0 Å². The number of rotatable bonds is 3. The standard InChI is InChI=1S/C17H16O2/c18-15-10-4-8-14-9-5-11-16(17(14)15)19-12-13-6-2-1-3-7-13/h1-3,5-7,9,11H,4,8,10,12H2. The predicted octanol–water partition coefficient (Wildman–Crippen LogP) is 3.78. The fraction of sp³-hybridized carbons (Fsp3) is 0.235. The molecule has 3 rings (SSSR count). The lowest BCUT2D eigenvalue weighted by atomic mass is 9.90. The number of hydrogen-bond acceptors (Lipinski definition) is 2. The third-order valence-electron chi connectivity index (χ3n) is 3.48. The zero-order chi connectivity index (χ0) is 13.1. The molecule has 0 unspecified atom stereocenters. The Hall–Kier alpha value is -2.09. The molecule has 0 saturated carbocycles. The van der Waals surface area contributed by atoms with Crippen LogP contribution in [-0.2, 0) is 13.0 Å². The minimum Gasteiger partial charge on any atom is -0.488 e. The molecule has 0 bridgehead atoms. The molecule has 0 spiro atoms. The Balaban J connectivity index is 1.84. The number of Topliss-reactive ketones (excluding diaryl/α,β-unsaturated/α-hetero) is 1. The van der Waals surface area contributed by atoms with Gasteiger partial charge in [-0.25, -0.2) is 0 Å². The second-order valence-electron chi connectivity index (χ2n) is 4.84. The van der Waals surface area contributed by atoms with Crippen LogP contribution in [0, 0.1) is 0 Å². The summed E-state index contributed by atoms with van der Waals surface area (Å²) in [6.07, 6.45) is 2.57. The van der Waals surface area contributed by atoms with E-state index in [2.05, 4.69) is 0 Å². The van der Waals surface area contributed by atoms with Crippen molar-refractivity contribution in [3.63, 3.8) is 0 Å². The molecular formula is C17H16O2. The number of carbonyl (C=O) groups is 1. The highest BCUT2D eigenvalue weighted by atomic mass is 16.5. The highest BCUT2D eigenvalue weighted by Gasteiger charge is 2.21. The van der Waals surface area contributed by atoms with E-state index < -0.39 is 0 Å². The molecule has 19 heavy (non-hydrogen) atoms. The average Bonchev–Trinajstić information content (AvgIpc) is 2.46. The lowest BCUT2D eigenvalue weighted by Crippen LogP contribution is -2.13. The van der Waals surface area contributed by atoms with E-state index >= 15 is 0 Å². The predicted molar refractivity (Wildman–Crippen MR) is 74.5 cm³/mol. The van der Waals surface area contributed by atoms with Gasteiger partial charge in [-0.15, -0.1) is 0 Å². The van der Waals surface area contributed by atoms with Crippen molar-refractivity contribution in [1.82, 2.24) is 0 Å². The molecule has 0 fully saturated rings. The fourth-order valence-corrected chi connectivity index (χ4v) is 2.52. The van der Waals surface area contributed by atoms with Gasteiger partial charge in [0.2, 0.25) is 0 Å². The fourth-order valence-electron chi connectivity index (χ4n) is 2.52. The molecule has 1 aliphatic rings. The highest BCUT2D eigenvalue weighted by molar-refractivity contribution is 6.01. The van der Waals surface area contributed by atoms with Crippen molar-refractivity contribution in [2.45, 2.75) is 25.9 Å². The zero-order valence-corrected chi connectivity index (χ0v) is 10.8. The van der Waals surface area contributed by atoms with Crippen LogP contribution in [0.2, 0.25) is 0 Å². The lowest BCUT2D eigenvalue weighted by Gasteiger charge is -2.18. The molecule has 2 nitrogen and oxygen atoms in total. The van der Waals surface area contributed by atoms with E-state index in [1.807, 2.05) is 48.5 Å². The van der Waals surface area contributed by atoms with Crippen LogP contribution in [0.4, 0.5) is 0 Å². The quantitative estimate of drug-likeness (QED) is 0.830. The lowest BCUT2D eigenvalue weighted by molar-refractivity contribution is 0.0967. The number of ether oxygens (including phenoxy) is 1. The van der Waals surface area contributed by atoms with Gasteiger partial charge in [-0.2, -0.15) is 0 Å². The van der Waals surface area contributed by atoms with Gasteiger partial charge in [0, 0.05) is 6.42 Å². The summed E-state index contributed by atoms with van der Waals surface area (Å²) in [5, 5.41) is 0. The summed E-state index contributed by atoms with van der Waals surface area (Å²) in [6.45, 7) is 0.505. The molecule has 2 aromatic carbocycles. The first kappa shape index (κ1) is 12.0. The summed E-state index contributed by atoms with van der Waals surface area (Å²) >= 11 is 0. The van der Waals surface area contributed by atoms with Crippen molar-refractivity contribution >= 4 is 5.78 Å². The molecule has 96 valence electrons. The van der Waals surface area contributed by atoms with Crippen molar-refractivity contribution in [2.75, 3.05) is 0 Å². The molecule has 0 aromatic heterocycles. The summed E-state index contributed by atoms with van der Waals surface area (Å²) in [4.78, 5) is 12.0. The monoisotopic (exact) mass is 252 g/mol. The van der Waals surface area contributed by atoms with Gasteiger partial charge in [-0.05, 0) is 30.0 Å². The van der Waals surface area contributed by atoms with E-state index in [0.717, 1.165) is 35.3 Å². The first-order valence-electron chi connectivity index (χ1n) is 6.66. The third-order valence-corrected chi connectivity index (χ3v) is 3.48. The Kier molecular flexibility index (Phi) is 3.32. The van der Waals surface area contributed by atoms with Crippen LogP contribution in [0.5, 0.6) is 5.75 Å². The van der Waals surface area contributed by atoms with Gasteiger partial charge < -0.3 is 4.74 Å². The normalized spacial score (nSPS) is 14.0. The molecule has 1 aliphatic carbocycles. The number of fused-ring (bicyclic) bond motifs is 1. The van der Waals surface area contributed by atoms with E-state index in [0.29, 0.717) is 13.0 Å². The van der Waals surface area contributed by atoms with Crippen LogP contribution < -0.4 is 4.74 Å². The topological polar surface area (TPSA) is 26.3 Å². The van der Waals surface area contributed by atoms with E-state index in [-0.39, 0.29) is 5.78 Å². The van der Waals surface area contributed by atoms with Gasteiger partial charge in [0.1, 0.15) is 12.4 Å². The second-order valence-corrected chi connectivity index (χ2v) is 4.84. The van der Waals surface area contributed by atoms with Gasteiger partial charge >= 0.3 is 0 Å². The summed E-state index contributed by atoms with van der Waals surface area (Å²) in [5.41, 5.74) is 3.04. The van der Waals surface area contributed by atoms with Crippen molar-refractivity contribution in [3.8, 4) is 5.75 Å². The Morgan fingerprint density at radius 1 is 0.947 bits per heavy atom. The first-order valence-corrected chi connectivity index (χ1v) is 6.66. The zero-order valence-electron chi connectivity index (χ0n) is 10.8. The number of ketones is 1. The number of aryl methyl sites for hydroxylation is 1. The van der Waals surface area contributed by atoms with Crippen LogP contribution in [0.3, 0.4) is 0 Å². The number of hydrogen-bond donors (Lipinski definition) is 0. The summed E-state index contributed by atoms with van der Waals surface area (Å²) in [5.74, 6) is 0.941. The molecule has 0 saturated heterocycles. The van der Waals surface area contributed by atoms with Crippen LogP contribution in [-0.4, -0.2) is 5.78 Å². The molecule has 0 N–H and O–H groups in total. The molecule has 0 radical (unpaired) electrons. The molecule has 0 atom stereocenters. The third kappa shape index (κ3) is 2.53. The molecule has 2 heteroatoms. The van der Waals surface area contributed by atoms with E-state index in [4.69, 9.17) is 4.74 Å². The van der Waals surface area contributed by atoms with Gasteiger partial charge in [0.15, 0.2) is 5.78 Å². The van der Waals surface area contributed by atoms with E-state index in [1.54, 1.807) is 0 Å². The minimum absolute atomic E-state index is 0.213. The Labute approximate surface area is 113 Å². The minimum atomic E-state index is 0.213. The number of carbonyl (C=O) groups excluding carboxylic acids is 1. The summed E-state index contributed by atoms with van der Waals surface area (Å²) in [6, 6.07) is 15.9. The van der Waals surface area contributed by atoms with Crippen molar-refractivity contribution in [2.24, 2.45) is 0 Å². The van der Waals surface area contributed by atoms with Crippen molar-refractivity contribution < 1.29 is 9.53 Å². The largest absolute Gasteiger partial charge is 0.488 e. The smallest absolute Gasteiger partial charge is 0.166 e. The van der Waals surface area contributed by atoms with Gasteiger partial charge in [-0.3, -0.25) is 4.79 Å². The molecule has 0 aliphatic heterocycles. The van der Waals surface area contributed by atoms with Gasteiger partial charge in [-0.1, -0.05) is 42.5 Å². The Bertz CT molecular complexity index is 587. The van der Waals surface area contributed by atoms with Crippen LogP contribution in [0.15, 0.2) is 48.5 Å². The molecular weight excluding hydrogens is 236 g/mol.